The van der Waals surface area contributed by atoms with E-state index in [1.807, 2.05) is 0 Å². The summed E-state index contributed by atoms with van der Waals surface area (Å²) >= 11 is 0. The minimum atomic E-state index is 0. The Morgan fingerprint density at radius 1 is 1.75 bits per heavy atom. The molecule has 3 heteroatoms. The van der Waals surface area contributed by atoms with E-state index >= 15 is 0 Å². The fourth-order valence-electron chi connectivity index (χ4n) is 0. The van der Waals surface area contributed by atoms with Gasteiger partial charge in [0.25, 0.3) is 6.26 Å². The summed E-state index contributed by atoms with van der Waals surface area (Å²) in [6.07, 6.45) is 0.750. The van der Waals surface area contributed by atoms with Crippen LogP contribution in [0.1, 0.15) is 0 Å². The van der Waals surface area contributed by atoms with Crippen molar-refractivity contribution in [3.8, 4) is 6.26 Å². The molecule has 0 aromatic rings. The molecule has 0 aromatic carbocycles. The maximum Gasteiger partial charge on any atom is 0.283 e. The lowest BCUT2D eigenvalue weighted by atomic mass is 11.6. The first-order chi connectivity index (χ1) is 1.41. The van der Waals surface area contributed by atoms with Crippen molar-refractivity contribution in [3.63, 3.8) is 0 Å². The zero-order chi connectivity index (χ0) is 2.71. The number of rotatable bonds is 0. The quantitative estimate of drug-likeness (QED) is 0.375. The van der Waals surface area contributed by atoms with Crippen LogP contribution in [0.2, 0.25) is 0 Å². The van der Waals surface area contributed by atoms with Gasteiger partial charge in [0.1, 0.15) is 0 Å². The van der Waals surface area contributed by atoms with Crippen LogP contribution in [0, 0.1) is 11.5 Å². The smallest absolute Gasteiger partial charge is 0.283 e. The Morgan fingerprint density at radius 3 is 1.75 bits per heavy atom. The van der Waals surface area contributed by atoms with Crippen molar-refractivity contribution in [1.82, 2.24) is 0 Å². The molecule has 0 aliphatic rings. The molecule has 23 valence electrons. The molecule has 0 aliphatic heterocycles. The molecule has 0 spiro atoms. The Bertz CT molecular complexity index is 27.5. The average Bonchev–Trinajstić information content (AvgIpc) is 0.918. The lowest BCUT2D eigenvalue weighted by Gasteiger charge is -1.25. The first-order valence-corrected chi connectivity index (χ1v) is 0.447. The van der Waals surface area contributed by atoms with Gasteiger partial charge < -0.3 is 5.11 Å². The van der Waals surface area contributed by atoms with Crippen LogP contribution in [0.5, 0.6) is 0 Å². The second-order valence-corrected chi connectivity index (χ2v) is 0.100. The molecule has 0 bridgehead atoms. The van der Waals surface area contributed by atoms with E-state index < -0.39 is 0 Å². The predicted octanol–water partition coefficient (Wildman–Crippen LogP) is -0.337. The van der Waals surface area contributed by atoms with Crippen molar-refractivity contribution in [2.24, 2.45) is 0 Å². The number of hydrogen-bond acceptors (Lipinski definition) is 2. The van der Waals surface area contributed by atoms with E-state index in [0.29, 0.717) is 0 Å². The van der Waals surface area contributed by atoms with Gasteiger partial charge in [-0.3, -0.25) is 5.48 Å². The second-order valence-electron chi connectivity index (χ2n) is 0.100. The molecular formula is CH2NO2. The highest BCUT2D eigenvalue weighted by molar-refractivity contribution is 4.30. The third kappa shape index (κ3) is 0.139. The number of aliphatic hydroxyl groups excluding tert-OH is 1. The van der Waals surface area contributed by atoms with Gasteiger partial charge in [-0.15, -0.1) is 0 Å². The van der Waals surface area contributed by atoms with Crippen LogP contribution in [0.3, 0.4) is 0 Å². The predicted molar refractivity (Wildman–Crippen MR) is 9.48 cm³/mol. The van der Waals surface area contributed by atoms with E-state index in [1.165, 1.54) is 0 Å². The van der Waals surface area contributed by atoms with Crippen molar-refractivity contribution >= 4 is 0 Å². The Labute approximate surface area is 23.4 Å². The van der Waals surface area contributed by atoms with Gasteiger partial charge in [-0.05, 0) is 0 Å². The molecule has 2 N–H and O–H groups in total. The van der Waals surface area contributed by atoms with Gasteiger partial charge in [0.05, 0.1) is 0 Å². The molecule has 0 atom stereocenters. The van der Waals surface area contributed by atoms with Crippen molar-refractivity contribution in [1.29, 1.82) is 5.26 Å². The Kier molecular flexibility index (Phi) is 148. The van der Waals surface area contributed by atoms with Crippen LogP contribution in [-0.2, 0) is 0 Å². The molecule has 1 radical (unpaired) electrons. The van der Waals surface area contributed by atoms with Crippen molar-refractivity contribution < 1.29 is 10.6 Å². The molecule has 0 saturated carbocycles. The molecule has 0 aromatic heterocycles. The van der Waals surface area contributed by atoms with Crippen LogP contribution >= 0.6 is 0 Å². The fraction of sp³-hybridized carbons (Fsp3) is 0. The number of hydrogen-bond donors (Lipinski definition) is 2. The molecule has 3 nitrogen and oxygen atoms in total. The highest BCUT2D eigenvalue weighted by Crippen LogP contribution is 1.06. The average molecular weight is 60.0 g/mol. The highest BCUT2D eigenvalue weighted by atomic mass is 16.2. The molecule has 0 rings (SSSR count). The number of nitriles is 1. The van der Waals surface area contributed by atoms with Crippen molar-refractivity contribution in [3.05, 3.63) is 0 Å². The van der Waals surface area contributed by atoms with E-state index in [9.17, 15) is 0 Å². The summed E-state index contributed by atoms with van der Waals surface area (Å²) in [5.41, 5.74) is 0. The third-order valence-corrected chi connectivity index (χ3v) is 0. The minimum absolute atomic E-state index is 0. The molecule has 0 unspecified atom stereocenters. The number of aliphatic hydroxyl groups is 1. The van der Waals surface area contributed by atoms with Crippen LogP contribution < -0.4 is 0 Å². The van der Waals surface area contributed by atoms with Crippen LogP contribution in [0.4, 0.5) is 0 Å². The van der Waals surface area contributed by atoms with E-state index in [1.54, 1.807) is 0 Å². The molecule has 0 heterocycles. The van der Waals surface area contributed by atoms with Gasteiger partial charge in [0.15, 0.2) is 0 Å². The number of nitrogens with zero attached hydrogens (tertiary/aromatic N) is 1. The third-order valence-electron chi connectivity index (χ3n) is 0. The summed E-state index contributed by atoms with van der Waals surface area (Å²) in [6, 6.07) is 0. The van der Waals surface area contributed by atoms with E-state index in [0.717, 1.165) is 6.26 Å². The van der Waals surface area contributed by atoms with Crippen LogP contribution in [0.15, 0.2) is 0 Å². The van der Waals surface area contributed by atoms with Gasteiger partial charge in [0, 0.05) is 0 Å². The monoisotopic (exact) mass is 60.0 g/mol. The van der Waals surface area contributed by atoms with Crippen LogP contribution in [-0.4, -0.2) is 10.6 Å². The highest BCUT2D eigenvalue weighted by Gasteiger charge is 1.16. The molecule has 0 fully saturated rings. The second kappa shape index (κ2) is 56.2. The van der Waals surface area contributed by atoms with Gasteiger partial charge in [-0.25, -0.2) is 0 Å². The Balaban J connectivity index is 0. The summed E-state index contributed by atoms with van der Waals surface area (Å²) in [7, 11) is 0. The van der Waals surface area contributed by atoms with E-state index in [-0.39, 0.29) is 5.48 Å². The molecular weight excluding hydrogens is 58.0 g/mol. The molecule has 0 amide bonds. The zero-order valence-electron chi connectivity index (χ0n) is 1.84. The van der Waals surface area contributed by atoms with E-state index in [2.05, 4.69) is 0 Å². The van der Waals surface area contributed by atoms with Gasteiger partial charge >= 0.3 is 0 Å². The fourth-order valence-corrected chi connectivity index (χ4v) is 0. The van der Waals surface area contributed by atoms with Crippen molar-refractivity contribution in [2.75, 3.05) is 0 Å². The van der Waals surface area contributed by atoms with Gasteiger partial charge in [-0.1, -0.05) is 0 Å². The lowest BCUT2D eigenvalue weighted by molar-refractivity contribution is 0.503. The summed E-state index contributed by atoms with van der Waals surface area (Å²) in [5, 5.41) is 13.8. The molecule has 4 heavy (non-hydrogen) atoms. The summed E-state index contributed by atoms with van der Waals surface area (Å²) in [6.45, 7) is 0. The maximum absolute atomic E-state index is 6.88. The van der Waals surface area contributed by atoms with Crippen molar-refractivity contribution in [2.45, 2.75) is 0 Å². The SMILES string of the molecule is N#CO.[OH]. The van der Waals surface area contributed by atoms with Gasteiger partial charge in [-0.2, -0.15) is 5.26 Å². The zero-order valence-corrected chi connectivity index (χ0v) is 1.84. The largest absolute Gasteiger partial charge is 0.443 e. The van der Waals surface area contributed by atoms with Gasteiger partial charge in [0.2, 0.25) is 0 Å². The molecule has 0 saturated heterocycles. The standard InChI is InChI=1S/CHNO.HO/c2-1-3;/h3H;1H. The van der Waals surface area contributed by atoms with Crippen LogP contribution in [0.25, 0.3) is 0 Å². The Morgan fingerprint density at radius 2 is 1.75 bits per heavy atom. The first-order valence-electron chi connectivity index (χ1n) is 0.447. The summed E-state index contributed by atoms with van der Waals surface area (Å²) < 4.78 is 0. The maximum atomic E-state index is 6.88. The molecule has 0 aliphatic carbocycles. The normalized spacial score (nSPS) is 1.75. The summed E-state index contributed by atoms with van der Waals surface area (Å²) in [5.74, 6) is 0. The topological polar surface area (TPSA) is 74.0 Å². The minimum Gasteiger partial charge on any atom is -0.443 e. The lowest BCUT2D eigenvalue weighted by Crippen LogP contribution is -1.27. The van der Waals surface area contributed by atoms with E-state index in [4.69, 9.17) is 10.4 Å². The first kappa shape index (κ1) is 10.5. The summed E-state index contributed by atoms with van der Waals surface area (Å²) in [4.78, 5) is 0. The Hall–Kier alpha value is -0.750.